The minimum absolute atomic E-state index is 1.16. The highest BCUT2D eigenvalue weighted by molar-refractivity contribution is 6.13. The van der Waals surface area contributed by atoms with Crippen molar-refractivity contribution in [2.45, 2.75) is 0 Å². The quantitative estimate of drug-likeness (QED) is 0.188. The zero-order chi connectivity index (χ0) is 31.6. The molecule has 2 heteroatoms. The van der Waals surface area contributed by atoms with Gasteiger partial charge < -0.3 is 9.13 Å². The number of fused-ring (bicyclic) bond motifs is 7. The monoisotopic (exact) mass is 610 g/mol. The number of nitrogens with zero attached hydrogens (tertiary/aromatic N) is 2. The van der Waals surface area contributed by atoms with Crippen molar-refractivity contribution in [1.29, 1.82) is 0 Å². The first-order chi connectivity index (χ1) is 23.8. The van der Waals surface area contributed by atoms with E-state index in [4.69, 9.17) is 0 Å². The number of benzene rings is 8. The zero-order valence-electron chi connectivity index (χ0n) is 26.2. The van der Waals surface area contributed by atoms with Crippen LogP contribution in [0.4, 0.5) is 0 Å². The number of aromatic nitrogens is 2. The van der Waals surface area contributed by atoms with Gasteiger partial charge in [0.1, 0.15) is 0 Å². The van der Waals surface area contributed by atoms with Gasteiger partial charge in [-0.15, -0.1) is 0 Å². The van der Waals surface area contributed by atoms with Gasteiger partial charge in [0.15, 0.2) is 0 Å². The van der Waals surface area contributed by atoms with Crippen LogP contribution in [0.5, 0.6) is 0 Å². The molecule has 2 heterocycles. The lowest BCUT2D eigenvalue weighted by Crippen LogP contribution is -1.94. The molecule has 0 amide bonds. The Labute approximate surface area is 278 Å². The first kappa shape index (κ1) is 26.8. The molecule has 0 N–H and O–H groups in total. The van der Waals surface area contributed by atoms with Gasteiger partial charge in [0.25, 0.3) is 0 Å². The fourth-order valence-corrected chi connectivity index (χ4v) is 7.71. The van der Waals surface area contributed by atoms with E-state index in [0.717, 1.165) is 5.69 Å². The van der Waals surface area contributed by atoms with Crippen molar-refractivity contribution in [1.82, 2.24) is 9.13 Å². The van der Waals surface area contributed by atoms with Gasteiger partial charge in [0.05, 0.1) is 22.1 Å². The van der Waals surface area contributed by atoms with Crippen LogP contribution in [0, 0.1) is 0 Å². The molecule has 0 atom stereocenters. The maximum absolute atomic E-state index is 2.42. The summed E-state index contributed by atoms with van der Waals surface area (Å²) >= 11 is 0. The average Bonchev–Trinajstić information content (AvgIpc) is 3.67. The molecular weight excluding hydrogens is 581 g/mol. The highest BCUT2D eigenvalue weighted by Crippen LogP contribution is 2.40. The summed E-state index contributed by atoms with van der Waals surface area (Å²) in [6.07, 6.45) is 0. The predicted octanol–water partition coefficient (Wildman–Crippen LogP) is 12.4. The summed E-state index contributed by atoms with van der Waals surface area (Å²) in [6.45, 7) is 0. The first-order valence-corrected chi connectivity index (χ1v) is 16.5. The molecular formula is C46H30N2. The van der Waals surface area contributed by atoms with Gasteiger partial charge in [-0.3, -0.25) is 0 Å². The second-order valence-corrected chi connectivity index (χ2v) is 12.6. The fraction of sp³-hybridized carbons (Fsp3) is 0. The molecule has 2 nitrogen and oxygen atoms in total. The Morgan fingerprint density at radius 1 is 0.271 bits per heavy atom. The molecule has 48 heavy (non-hydrogen) atoms. The maximum Gasteiger partial charge on any atom is 0.0547 e. The minimum Gasteiger partial charge on any atom is -0.309 e. The van der Waals surface area contributed by atoms with E-state index in [1.165, 1.54) is 82.3 Å². The Morgan fingerprint density at radius 3 is 1.52 bits per heavy atom. The SMILES string of the molecule is c1ccc(-n2c3ccccc3c3cc(-c4ccc5c6cc(-c7cccc8ccccc78)ccc6n(-c6ccccc6)c5c4)ccc32)cc1. The molecule has 0 aliphatic rings. The molecule has 0 aliphatic heterocycles. The van der Waals surface area contributed by atoms with Crippen LogP contribution in [0.15, 0.2) is 182 Å². The van der Waals surface area contributed by atoms with E-state index in [0.29, 0.717) is 0 Å². The molecule has 0 saturated heterocycles. The van der Waals surface area contributed by atoms with Crippen molar-refractivity contribution in [2.24, 2.45) is 0 Å². The first-order valence-electron chi connectivity index (χ1n) is 16.5. The van der Waals surface area contributed by atoms with Crippen molar-refractivity contribution in [3.63, 3.8) is 0 Å². The topological polar surface area (TPSA) is 9.86 Å². The number of rotatable bonds is 4. The highest BCUT2D eigenvalue weighted by Gasteiger charge is 2.17. The Kier molecular flexibility index (Phi) is 5.91. The minimum atomic E-state index is 1.16. The summed E-state index contributed by atoms with van der Waals surface area (Å²) < 4.78 is 4.79. The molecule has 0 fully saturated rings. The zero-order valence-corrected chi connectivity index (χ0v) is 26.2. The average molecular weight is 611 g/mol. The van der Waals surface area contributed by atoms with E-state index in [1.54, 1.807) is 0 Å². The Balaban J connectivity index is 1.19. The molecule has 2 aromatic heterocycles. The number of hydrogen-bond acceptors (Lipinski definition) is 0. The Hall–Kier alpha value is -6.38. The van der Waals surface area contributed by atoms with Gasteiger partial charge in [0, 0.05) is 32.9 Å². The lowest BCUT2D eigenvalue weighted by Gasteiger charge is -2.10. The summed E-state index contributed by atoms with van der Waals surface area (Å²) in [5, 5.41) is 7.57. The smallest absolute Gasteiger partial charge is 0.0547 e. The molecule has 10 rings (SSSR count). The van der Waals surface area contributed by atoms with Crippen LogP contribution in [-0.4, -0.2) is 9.13 Å². The lowest BCUT2D eigenvalue weighted by molar-refractivity contribution is 1.18. The van der Waals surface area contributed by atoms with Crippen LogP contribution in [0.1, 0.15) is 0 Å². The van der Waals surface area contributed by atoms with Crippen molar-refractivity contribution >= 4 is 54.4 Å². The molecule has 0 spiro atoms. The third-order valence-corrected chi connectivity index (χ3v) is 9.90. The second-order valence-electron chi connectivity index (χ2n) is 12.6. The maximum atomic E-state index is 2.42. The molecule has 8 aromatic carbocycles. The molecule has 0 bridgehead atoms. The van der Waals surface area contributed by atoms with Gasteiger partial charge in [-0.05, 0) is 93.7 Å². The third-order valence-electron chi connectivity index (χ3n) is 9.90. The van der Waals surface area contributed by atoms with Crippen molar-refractivity contribution in [3.05, 3.63) is 182 Å². The van der Waals surface area contributed by atoms with Crippen molar-refractivity contribution < 1.29 is 0 Å². The van der Waals surface area contributed by atoms with Crippen LogP contribution < -0.4 is 0 Å². The van der Waals surface area contributed by atoms with Gasteiger partial charge in [0.2, 0.25) is 0 Å². The van der Waals surface area contributed by atoms with Crippen molar-refractivity contribution in [3.8, 4) is 33.6 Å². The van der Waals surface area contributed by atoms with E-state index in [2.05, 4.69) is 191 Å². The van der Waals surface area contributed by atoms with E-state index in [9.17, 15) is 0 Å². The van der Waals surface area contributed by atoms with Crippen LogP contribution >= 0.6 is 0 Å². The molecule has 0 saturated carbocycles. The lowest BCUT2D eigenvalue weighted by atomic mass is 9.96. The summed E-state index contributed by atoms with van der Waals surface area (Å²) in [5.74, 6) is 0. The van der Waals surface area contributed by atoms with E-state index in [1.807, 2.05) is 0 Å². The summed E-state index contributed by atoms with van der Waals surface area (Å²) in [5.41, 5.74) is 12.1. The molecule has 10 aromatic rings. The summed E-state index contributed by atoms with van der Waals surface area (Å²) in [7, 11) is 0. The highest BCUT2D eigenvalue weighted by atomic mass is 15.0. The van der Waals surface area contributed by atoms with E-state index >= 15 is 0 Å². The van der Waals surface area contributed by atoms with Gasteiger partial charge >= 0.3 is 0 Å². The summed E-state index contributed by atoms with van der Waals surface area (Å²) in [4.78, 5) is 0. The molecule has 0 radical (unpaired) electrons. The van der Waals surface area contributed by atoms with Gasteiger partial charge in [-0.25, -0.2) is 0 Å². The number of hydrogen-bond donors (Lipinski definition) is 0. The number of para-hydroxylation sites is 3. The van der Waals surface area contributed by atoms with Crippen LogP contribution in [0.25, 0.3) is 88.0 Å². The van der Waals surface area contributed by atoms with Crippen LogP contribution in [0.2, 0.25) is 0 Å². The second kappa shape index (κ2) is 10.6. The van der Waals surface area contributed by atoms with Gasteiger partial charge in [-0.2, -0.15) is 0 Å². The summed E-state index contributed by atoms with van der Waals surface area (Å²) in [6, 6.07) is 66.2. The predicted molar refractivity (Wildman–Crippen MR) is 203 cm³/mol. The van der Waals surface area contributed by atoms with E-state index in [-0.39, 0.29) is 0 Å². The standard InChI is InChI=1S/C46H30N2/c1-3-14-35(15-4-1)47-43-21-10-9-19-39(43)41-28-32(23-26-44(41)47)33-22-25-40-42-29-34(38-20-11-13-31-12-7-8-18-37(31)38)24-27-45(42)48(46(40)30-33)36-16-5-2-6-17-36/h1-30H. The Morgan fingerprint density at radius 2 is 0.771 bits per heavy atom. The molecule has 0 unspecified atom stereocenters. The van der Waals surface area contributed by atoms with Crippen LogP contribution in [-0.2, 0) is 0 Å². The fourth-order valence-electron chi connectivity index (χ4n) is 7.71. The van der Waals surface area contributed by atoms with Crippen LogP contribution in [0.3, 0.4) is 0 Å². The van der Waals surface area contributed by atoms with Gasteiger partial charge in [-0.1, -0.05) is 121 Å². The van der Waals surface area contributed by atoms with Crippen molar-refractivity contribution in [2.75, 3.05) is 0 Å². The largest absolute Gasteiger partial charge is 0.309 e. The Bertz CT molecular complexity index is 2810. The third kappa shape index (κ3) is 4.06. The van der Waals surface area contributed by atoms with E-state index < -0.39 is 0 Å². The molecule has 224 valence electrons. The normalized spacial score (nSPS) is 11.8. The molecule has 0 aliphatic carbocycles.